The maximum absolute atomic E-state index is 11.6. The van der Waals surface area contributed by atoms with Crippen molar-refractivity contribution in [3.63, 3.8) is 0 Å². The minimum atomic E-state index is -0.207. The molecule has 2 aromatic rings. The Morgan fingerprint density at radius 3 is 2.37 bits per heavy atom. The van der Waals surface area contributed by atoms with E-state index in [9.17, 15) is 4.79 Å². The van der Waals surface area contributed by atoms with E-state index >= 15 is 0 Å². The number of benzene rings is 2. The molecule has 2 nitrogen and oxygen atoms in total. The summed E-state index contributed by atoms with van der Waals surface area (Å²) in [5, 5.41) is 0. The predicted molar refractivity (Wildman–Crippen MR) is 77.5 cm³/mol. The lowest BCUT2D eigenvalue weighted by atomic mass is 10.2. The quantitative estimate of drug-likeness (QED) is 0.609. The highest BCUT2D eigenvalue weighted by Gasteiger charge is 2.10. The molecule has 0 heterocycles. The zero-order valence-electron chi connectivity index (χ0n) is 11.0. The molecule has 0 spiro atoms. The number of rotatable bonds is 4. The number of ether oxygens (including phenoxy) is 1. The molecule has 0 aliphatic carbocycles. The molecule has 98 valence electrons. The average molecular weight is 272 g/mol. The first-order valence-corrected chi connectivity index (χ1v) is 7.01. The lowest BCUT2D eigenvalue weighted by Gasteiger charge is -2.08. The maximum Gasteiger partial charge on any atom is 0.313 e. The van der Waals surface area contributed by atoms with Crippen LogP contribution in [0.25, 0.3) is 0 Å². The van der Waals surface area contributed by atoms with Gasteiger partial charge in [0.05, 0.1) is 5.92 Å². The first kappa shape index (κ1) is 13.7. The van der Waals surface area contributed by atoms with Crippen LogP contribution < -0.4 is 4.74 Å². The van der Waals surface area contributed by atoms with E-state index in [1.54, 1.807) is 17.8 Å². The van der Waals surface area contributed by atoms with Gasteiger partial charge >= 0.3 is 5.97 Å². The molecule has 0 aromatic heterocycles. The van der Waals surface area contributed by atoms with E-state index in [0.29, 0.717) is 5.75 Å². The van der Waals surface area contributed by atoms with Crippen LogP contribution in [0, 0.1) is 5.92 Å². The van der Waals surface area contributed by atoms with Crippen molar-refractivity contribution in [3.8, 4) is 5.75 Å². The van der Waals surface area contributed by atoms with Crippen molar-refractivity contribution in [2.24, 2.45) is 5.92 Å². The second-order valence-electron chi connectivity index (χ2n) is 4.47. The fraction of sp³-hybridized carbons (Fsp3) is 0.188. The Hall–Kier alpha value is -1.74. The van der Waals surface area contributed by atoms with E-state index in [-0.39, 0.29) is 11.9 Å². The molecule has 0 amide bonds. The van der Waals surface area contributed by atoms with Gasteiger partial charge in [-0.15, -0.1) is 0 Å². The van der Waals surface area contributed by atoms with Crippen LogP contribution in [0.4, 0.5) is 0 Å². The molecular weight excluding hydrogens is 256 g/mol. The molecule has 0 saturated heterocycles. The van der Waals surface area contributed by atoms with Crippen LogP contribution in [-0.2, 0) is 4.79 Å². The van der Waals surface area contributed by atoms with Crippen molar-refractivity contribution in [1.82, 2.24) is 0 Å². The molecule has 0 aliphatic heterocycles. The number of esters is 1. The van der Waals surface area contributed by atoms with E-state index in [1.165, 1.54) is 0 Å². The number of hydrogen-bond acceptors (Lipinski definition) is 3. The second kappa shape index (κ2) is 6.43. The lowest BCUT2D eigenvalue weighted by Crippen LogP contribution is -2.14. The Labute approximate surface area is 117 Å². The summed E-state index contributed by atoms with van der Waals surface area (Å²) >= 11 is 1.65. The van der Waals surface area contributed by atoms with Crippen LogP contribution in [0.1, 0.15) is 13.8 Å². The lowest BCUT2D eigenvalue weighted by molar-refractivity contribution is -0.137. The molecule has 0 aliphatic rings. The van der Waals surface area contributed by atoms with Crippen molar-refractivity contribution < 1.29 is 9.53 Å². The van der Waals surface area contributed by atoms with Crippen molar-refractivity contribution >= 4 is 17.7 Å². The summed E-state index contributed by atoms with van der Waals surface area (Å²) in [6.07, 6.45) is 0. The van der Waals surface area contributed by atoms with Crippen LogP contribution >= 0.6 is 11.8 Å². The highest BCUT2D eigenvalue weighted by molar-refractivity contribution is 7.99. The van der Waals surface area contributed by atoms with Crippen molar-refractivity contribution in [2.75, 3.05) is 0 Å². The van der Waals surface area contributed by atoms with Gasteiger partial charge in [-0.05, 0) is 30.3 Å². The highest BCUT2D eigenvalue weighted by Crippen LogP contribution is 2.29. The molecule has 0 radical (unpaired) electrons. The number of hydrogen-bond donors (Lipinski definition) is 0. The van der Waals surface area contributed by atoms with Crippen molar-refractivity contribution in [2.45, 2.75) is 23.6 Å². The molecule has 2 aromatic carbocycles. The Morgan fingerprint density at radius 2 is 1.68 bits per heavy atom. The molecule has 0 fully saturated rings. The minimum Gasteiger partial charge on any atom is -0.426 e. The van der Waals surface area contributed by atoms with E-state index in [1.807, 2.05) is 50.2 Å². The standard InChI is InChI=1S/C16H16O2S/c1-12(2)16(17)18-13-7-6-10-15(11-13)19-14-8-4-3-5-9-14/h3-12H,1-2H3. The summed E-state index contributed by atoms with van der Waals surface area (Å²) in [6, 6.07) is 17.7. The Kier molecular flexibility index (Phi) is 4.63. The van der Waals surface area contributed by atoms with E-state index in [0.717, 1.165) is 9.79 Å². The molecule has 0 N–H and O–H groups in total. The van der Waals surface area contributed by atoms with Crippen LogP contribution in [0.15, 0.2) is 64.4 Å². The van der Waals surface area contributed by atoms with Gasteiger partial charge in [-0.2, -0.15) is 0 Å². The fourth-order valence-corrected chi connectivity index (χ4v) is 2.35. The number of carbonyl (C=O) groups is 1. The molecular formula is C16H16O2S. The fourth-order valence-electron chi connectivity index (χ4n) is 1.46. The number of carbonyl (C=O) groups excluding carboxylic acids is 1. The van der Waals surface area contributed by atoms with Crippen molar-refractivity contribution in [1.29, 1.82) is 0 Å². The van der Waals surface area contributed by atoms with E-state index < -0.39 is 0 Å². The summed E-state index contributed by atoms with van der Waals surface area (Å²) in [5.41, 5.74) is 0. The van der Waals surface area contributed by atoms with Gasteiger partial charge in [-0.1, -0.05) is 49.9 Å². The molecule has 3 heteroatoms. The van der Waals surface area contributed by atoms with Crippen LogP contribution in [0.2, 0.25) is 0 Å². The van der Waals surface area contributed by atoms with Crippen LogP contribution in [0.5, 0.6) is 5.75 Å². The highest BCUT2D eigenvalue weighted by atomic mass is 32.2. The normalized spacial score (nSPS) is 10.5. The third kappa shape index (κ3) is 4.14. The third-order valence-electron chi connectivity index (χ3n) is 2.47. The van der Waals surface area contributed by atoms with Gasteiger partial charge in [0.25, 0.3) is 0 Å². The van der Waals surface area contributed by atoms with Gasteiger partial charge in [-0.25, -0.2) is 0 Å². The molecule has 0 saturated carbocycles. The third-order valence-corrected chi connectivity index (χ3v) is 3.47. The monoisotopic (exact) mass is 272 g/mol. The van der Waals surface area contributed by atoms with Gasteiger partial charge in [0, 0.05) is 9.79 Å². The van der Waals surface area contributed by atoms with Gasteiger partial charge in [0.1, 0.15) is 5.75 Å². The summed E-state index contributed by atoms with van der Waals surface area (Å²) in [6.45, 7) is 3.65. The molecule has 0 bridgehead atoms. The van der Waals surface area contributed by atoms with Gasteiger partial charge in [0.2, 0.25) is 0 Å². The SMILES string of the molecule is CC(C)C(=O)Oc1cccc(Sc2ccccc2)c1. The first-order valence-electron chi connectivity index (χ1n) is 6.20. The molecule has 0 atom stereocenters. The summed E-state index contributed by atoms with van der Waals surface area (Å²) in [7, 11) is 0. The topological polar surface area (TPSA) is 26.3 Å². The van der Waals surface area contributed by atoms with Gasteiger partial charge < -0.3 is 4.74 Å². The largest absolute Gasteiger partial charge is 0.426 e. The van der Waals surface area contributed by atoms with Gasteiger partial charge in [-0.3, -0.25) is 4.79 Å². The minimum absolute atomic E-state index is 0.120. The summed E-state index contributed by atoms with van der Waals surface area (Å²) in [5.74, 6) is 0.270. The predicted octanol–water partition coefficient (Wildman–Crippen LogP) is 4.40. The van der Waals surface area contributed by atoms with E-state index in [4.69, 9.17) is 4.74 Å². The Morgan fingerprint density at radius 1 is 1.00 bits per heavy atom. The maximum atomic E-state index is 11.6. The summed E-state index contributed by atoms with van der Waals surface area (Å²) < 4.78 is 5.30. The molecule has 2 rings (SSSR count). The zero-order chi connectivity index (χ0) is 13.7. The van der Waals surface area contributed by atoms with Crippen LogP contribution in [-0.4, -0.2) is 5.97 Å². The van der Waals surface area contributed by atoms with E-state index in [2.05, 4.69) is 12.1 Å². The second-order valence-corrected chi connectivity index (χ2v) is 5.61. The zero-order valence-corrected chi connectivity index (χ0v) is 11.8. The summed E-state index contributed by atoms with van der Waals surface area (Å²) in [4.78, 5) is 13.8. The van der Waals surface area contributed by atoms with Gasteiger partial charge in [0.15, 0.2) is 0 Å². The molecule has 19 heavy (non-hydrogen) atoms. The Bertz CT molecular complexity index is 550. The first-order chi connectivity index (χ1) is 9.15. The van der Waals surface area contributed by atoms with Crippen molar-refractivity contribution in [3.05, 3.63) is 54.6 Å². The smallest absolute Gasteiger partial charge is 0.313 e. The van der Waals surface area contributed by atoms with Crippen LogP contribution in [0.3, 0.4) is 0 Å². The average Bonchev–Trinajstić information content (AvgIpc) is 2.40. The Balaban J connectivity index is 2.09. The molecule has 0 unspecified atom stereocenters.